The Bertz CT molecular complexity index is 853. The van der Waals surface area contributed by atoms with Crippen LogP contribution in [0.4, 0.5) is 0 Å². The van der Waals surface area contributed by atoms with E-state index in [4.69, 9.17) is 9.15 Å². The van der Waals surface area contributed by atoms with Gasteiger partial charge in [-0.1, -0.05) is 0 Å². The second kappa shape index (κ2) is 6.76. The Balaban J connectivity index is 1.48. The first kappa shape index (κ1) is 16.5. The molecule has 7 nitrogen and oxygen atoms in total. The van der Waals surface area contributed by atoms with E-state index in [1.54, 1.807) is 18.2 Å². The summed E-state index contributed by atoms with van der Waals surface area (Å²) in [6.45, 7) is 1.17. The van der Waals surface area contributed by atoms with E-state index in [0.29, 0.717) is 23.5 Å². The van der Waals surface area contributed by atoms with Crippen LogP contribution in [0.25, 0.3) is 0 Å². The summed E-state index contributed by atoms with van der Waals surface area (Å²) in [7, 11) is 0. The van der Waals surface area contributed by atoms with Crippen molar-refractivity contribution in [3.05, 3.63) is 59.0 Å². The normalized spacial score (nSPS) is 19.1. The number of carbonyl (C=O) groups excluding carboxylic acids is 3. The summed E-state index contributed by atoms with van der Waals surface area (Å²) in [5.74, 6) is -0.403. The highest BCUT2D eigenvalue weighted by atomic mass is 16.5. The Kier molecular flexibility index (Phi) is 4.30. The number of furan rings is 1. The van der Waals surface area contributed by atoms with E-state index in [1.165, 1.54) is 23.3 Å². The lowest BCUT2D eigenvalue weighted by atomic mass is 10.1. The summed E-state index contributed by atoms with van der Waals surface area (Å²) in [4.78, 5) is 38.6. The van der Waals surface area contributed by atoms with Gasteiger partial charge in [0.15, 0.2) is 0 Å². The van der Waals surface area contributed by atoms with E-state index in [2.05, 4.69) is 5.32 Å². The lowest BCUT2D eigenvalue weighted by Crippen LogP contribution is -2.36. The highest BCUT2D eigenvalue weighted by Crippen LogP contribution is 2.26. The molecule has 1 N–H and O–H groups in total. The zero-order valence-electron chi connectivity index (χ0n) is 14.1. The molecule has 134 valence electrons. The highest BCUT2D eigenvalue weighted by Gasteiger charge is 2.37. The molecule has 2 aromatic rings. The predicted octanol–water partition coefficient (Wildman–Crippen LogP) is 1.98. The summed E-state index contributed by atoms with van der Waals surface area (Å²) < 4.78 is 10.7. The molecule has 3 heterocycles. The molecule has 1 saturated heterocycles. The van der Waals surface area contributed by atoms with Crippen LogP contribution in [0.2, 0.25) is 0 Å². The van der Waals surface area contributed by atoms with Gasteiger partial charge in [0.05, 0.1) is 36.6 Å². The maximum Gasteiger partial charge on any atom is 0.261 e. The summed E-state index contributed by atoms with van der Waals surface area (Å²) in [6, 6.07) is 8.06. The molecule has 2 aliphatic rings. The van der Waals surface area contributed by atoms with Gasteiger partial charge in [-0.15, -0.1) is 0 Å². The zero-order valence-corrected chi connectivity index (χ0v) is 14.1. The average molecular weight is 354 g/mol. The van der Waals surface area contributed by atoms with Gasteiger partial charge >= 0.3 is 0 Å². The minimum Gasteiger partial charge on any atom is -0.467 e. The first-order chi connectivity index (χ1) is 12.6. The predicted molar refractivity (Wildman–Crippen MR) is 90.7 cm³/mol. The van der Waals surface area contributed by atoms with E-state index in [0.717, 1.165) is 12.8 Å². The molecule has 7 heteroatoms. The number of carbonyl (C=O) groups is 3. The number of ether oxygens (including phenoxy) is 1. The molecule has 1 fully saturated rings. The molecule has 26 heavy (non-hydrogen) atoms. The molecule has 0 spiro atoms. The third-order valence-corrected chi connectivity index (χ3v) is 4.65. The van der Waals surface area contributed by atoms with Crippen molar-refractivity contribution in [2.24, 2.45) is 0 Å². The van der Waals surface area contributed by atoms with Gasteiger partial charge in [0.25, 0.3) is 17.7 Å². The smallest absolute Gasteiger partial charge is 0.261 e. The Morgan fingerprint density at radius 2 is 2.04 bits per heavy atom. The van der Waals surface area contributed by atoms with Crippen molar-refractivity contribution in [1.82, 2.24) is 10.2 Å². The fraction of sp³-hybridized carbons (Fsp3) is 0.316. The van der Waals surface area contributed by atoms with Gasteiger partial charge in [0, 0.05) is 12.2 Å². The molecule has 0 unspecified atom stereocenters. The number of imide groups is 1. The van der Waals surface area contributed by atoms with Crippen molar-refractivity contribution in [1.29, 1.82) is 0 Å². The quantitative estimate of drug-likeness (QED) is 0.830. The van der Waals surface area contributed by atoms with Crippen LogP contribution in [-0.4, -0.2) is 41.9 Å². The van der Waals surface area contributed by atoms with Crippen molar-refractivity contribution in [2.75, 3.05) is 13.2 Å². The van der Waals surface area contributed by atoms with Crippen molar-refractivity contribution >= 4 is 17.7 Å². The second-order valence-electron chi connectivity index (χ2n) is 6.38. The molecule has 0 saturated carbocycles. The van der Waals surface area contributed by atoms with Crippen LogP contribution in [0.5, 0.6) is 0 Å². The Labute approximate surface area is 149 Å². The third kappa shape index (κ3) is 3.01. The van der Waals surface area contributed by atoms with Crippen molar-refractivity contribution in [3.63, 3.8) is 0 Å². The molecule has 1 atom stereocenters. The summed E-state index contributed by atoms with van der Waals surface area (Å²) in [5, 5.41) is 2.73. The maximum atomic E-state index is 12.6. The van der Waals surface area contributed by atoms with Gasteiger partial charge < -0.3 is 14.5 Å². The minimum absolute atomic E-state index is 0.103. The Hall–Kier alpha value is -2.93. The molecule has 0 aliphatic carbocycles. The first-order valence-corrected chi connectivity index (χ1v) is 8.56. The number of fused-ring (bicyclic) bond motifs is 1. The molecular weight excluding hydrogens is 336 g/mol. The number of hydrogen-bond acceptors (Lipinski definition) is 5. The summed E-state index contributed by atoms with van der Waals surface area (Å²) >= 11 is 0. The van der Waals surface area contributed by atoms with Gasteiger partial charge in [0.2, 0.25) is 0 Å². The van der Waals surface area contributed by atoms with Crippen molar-refractivity contribution in [3.8, 4) is 0 Å². The van der Waals surface area contributed by atoms with Gasteiger partial charge in [-0.05, 0) is 43.2 Å². The van der Waals surface area contributed by atoms with E-state index in [1.807, 2.05) is 0 Å². The van der Waals surface area contributed by atoms with Crippen molar-refractivity contribution < 1.29 is 23.5 Å². The molecule has 3 amide bonds. The summed E-state index contributed by atoms with van der Waals surface area (Å²) in [5.41, 5.74) is 0.921. The standard InChI is InChI=1S/C19H18N2O5/c22-17(20-10-13-3-1-7-25-13)12-5-6-15-16(9-12)19(24)21(18(15)23)11-14-4-2-8-26-14/h1,3,5-7,9,14H,2,4,8,10-11H2,(H,20,22)/t14-/m0/s1. The van der Waals surface area contributed by atoms with E-state index in [-0.39, 0.29) is 42.5 Å². The van der Waals surface area contributed by atoms with Crippen LogP contribution in [0.3, 0.4) is 0 Å². The number of nitrogens with zero attached hydrogens (tertiary/aromatic N) is 1. The molecule has 1 aromatic carbocycles. The fourth-order valence-corrected chi connectivity index (χ4v) is 3.27. The molecule has 4 rings (SSSR count). The number of hydrogen-bond donors (Lipinski definition) is 1. The van der Waals surface area contributed by atoms with Crippen LogP contribution in [0.15, 0.2) is 41.0 Å². The van der Waals surface area contributed by atoms with Gasteiger partial charge in [-0.2, -0.15) is 0 Å². The van der Waals surface area contributed by atoms with Crippen LogP contribution in [0, 0.1) is 0 Å². The number of nitrogens with one attached hydrogen (secondary N) is 1. The molecule has 2 aliphatic heterocycles. The average Bonchev–Trinajstić information content (AvgIpc) is 3.39. The largest absolute Gasteiger partial charge is 0.467 e. The van der Waals surface area contributed by atoms with Crippen LogP contribution < -0.4 is 5.32 Å². The van der Waals surface area contributed by atoms with Crippen LogP contribution in [0.1, 0.15) is 49.7 Å². The third-order valence-electron chi connectivity index (χ3n) is 4.65. The Morgan fingerprint density at radius 3 is 2.77 bits per heavy atom. The Morgan fingerprint density at radius 1 is 1.19 bits per heavy atom. The van der Waals surface area contributed by atoms with Gasteiger partial charge in [0.1, 0.15) is 5.76 Å². The monoisotopic (exact) mass is 354 g/mol. The van der Waals surface area contributed by atoms with Gasteiger partial charge in [-0.3, -0.25) is 19.3 Å². The van der Waals surface area contributed by atoms with Gasteiger partial charge in [-0.25, -0.2) is 0 Å². The lowest BCUT2D eigenvalue weighted by Gasteiger charge is -2.17. The lowest BCUT2D eigenvalue weighted by molar-refractivity contribution is 0.0475. The first-order valence-electron chi connectivity index (χ1n) is 8.56. The number of benzene rings is 1. The minimum atomic E-state index is -0.374. The van der Waals surface area contributed by atoms with E-state index >= 15 is 0 Å². The van der Waals surface area contributed by atoms with Crippen LogP contribution in [-0.2, 0) is 11.3 Å². The highest BCUT2D eigenvalue weighted by molar-refractivity contribution is 6.22. The van der Waals surface area contributed by atoms with E-state index < -0.39 is 0 Å². The molecular formula is C19H18N2O5. The number of rotatable bonds is 5. The van der Waals surface area contributed by atoms with Crippen molar-refractivity contribution in [2.45, 2.75) is 25.5 Å². The topological polar surface area (TPSA) is 88.8 Å². The van der Waals surface area contributed by atoms with E-state index in [9.17, 15) is 14.4 Å². The summed E-state index contributed by atoms with van der Waals surface area (Å²) in [6.07, 6.45) is 3.21. The zero-order chi connectivity index (χ0) is 18.1. The molecule has 1 aromatic heterocycles. The SMILES string of the molecule is O=C(NCc1ccco1)c1ccc2c(c1)C(=O)N(C[C@@H]1CCCO1)C2=O. The second-order valence-corrected chi connectivity index (χ2v) is 6.38. The van der Waals surface area contributed by atoms with Crippen LogP contribution >= 0.6 is 0 Å². The molecule has 0 bridgehead atoms. The maximum absolute atomic E-state index is 12.6. The number of amides is 3. The fourth-order valence-electron chi connectivity index (χ4n) is 3.27. The molecule has 0 radical (unpaired) electrons.